The van der Waals surface area contributed by atoms with Crippen molar-refractivity contribution < 1.29 is 9.21 Å². The van der Waals surface area contributed by atoms with Crippen molar-refractivity contribution in [3.63, 3.8) is 0 Å². The molecule has 2 heterocycles. The van der Waals surface area contributed by atoms with E-state index in [0.717, 1.165) is 61.0 Å². The second-order valence-corrected chi connectivity index (χ2v) is 9.49. The first-order valence-corrected chi connectivity index (χ1v) is 13.1. The van der Waals surface area contributed by atoms with Crippen molar-refractivity contribution in [3.05, 3.63) is 90.3 Å². The van der Waals surface area contributed by atoms with Crippen molar-refractivity contribution in [1.29, 1.82) is 0 Å². The first-order chi connectivity index (χ1) is 18.1. The summed E-state index contributed by atoms with van der Waals surface area (Å²) in [7, 11) is 0. The zero-order valence-electron chi connectivity index (χ0n) is 21.6. The van der Waals surface area contributed by atoms with Gasteiger partial charge in [0.15, 0.2) is 11.7 Å². The lowest BCUT2D eigenvalue weighted by Gasteiger charge is -2.36. The minimum absolute atomic E-state index is 0.0515. The predicted molar refractivity (Wildman–Crippen MR) is 150 cm³/mol. The maximum atomic E-state index is 12.8. The largest absolute Gasteiger partial charge is 0.440 e. The lowest BCUT2D eigenvalue weighted by atomic mass is 10.1. The van der Waals surface area contributed by atoms with E-state index < -0.39 is 0 Å². The molecule has 1 fully saturated rings. The number of hydrogen-bond acceptors (Lipinski definition) is 5. The molecule has 1 aromatic heterocycles. The van der Waals surface area contributed by atoms with Crippen molar-refractivity contribution in [2.75, 3.05) is 42.9 Å². The first-order valence-electron chi connectivity index (χ1n) is 13.1. The summed E-state index contributed by atoms with van der Waals surface area (Å²) in [6.07, 6.45) is 0.722. The molecule has 1 amide bonds. The molecule has 4 aromatic rings. The number of rotatable bonds is 8. The Morgan fingerprint density at radius 2 is 1.59 bits per heavy atom. The van der Waals surface area contributed by atoms with Crippen LogP contribution in [0.25, 0.3) is 22.6 Å². The first kappa shape index (κ1) is 24.8. The van der Waals surface area contributed by atoms with Crippen molar-refractivity contribution in [2.24, 2.45) is 0 Å². The monoisotopic (exact) mass is 494 g/mol. The van der Waals surface area contributed by atoms with E-state index in [1.54, 1.807) is 0 Å². The van der Waals surface area contributed by atoms with Crippen LogP contribution >= 0.6 is 0 Å². The Labute approximate surface area is 218 Å². The number of aromatic nitrogens is 1. The van der Waals surface area contributed by atoms with Gasteiger partial charge in [-0.2, -0.15) is 0 Å². The Hall–Kier alpha value is -3.90. The van der Waals surface area contributed by atoms with Crippen LogP contribution in [0.5, 0.6) is 0 Å². The molecule has 0 aliphatic carbocycles. The third kappa shape index (κ3) is 5.92. The van der Waals surface area contributed by atoms with Gasteiger partial charge in [0.2, 0.25) is 5.91 Å². The SMILES string of the molecule is CCN1CCN(c2ccc(NC(=O)CCc3nc(-c4ccccc4)c(-c4ccccc4)o3)cc2C)CC1. The van der Waals surface area contributed by atoms with Gasteiger partial charge in [-0.15, -0.1) is 0 Å². The summed E-state index contributed by atoms with van der Waals surface area (Å²) in [5.41, 5.74) is 6.00. The number of likely N-dealkylation sites (N-methyl/N-ethyl adjacent to an activating group) is 1. The molecule has 0 atom stereocenters. The average molecular weight is 495 g/mol. The highest BCUT2D eigenvalue weighted by molar-refractivity contribution is 5.91. The van der Waals surface area contributed by atoms with Crippen molar-refractivity contribution >= 4 is 17.3 Å². The quantitative estimate of drug-likeness (QED) is 0.324. The third-order valence-corrected chi connectivity index (χ3v) is 6.96. The summed E-state index contributed by atoms with van der Waals surface area (Å²) in [6, 6.07) is 26.2. The minimum atomic E-state index is -0.0515. The molecule has 1 aliphatic heterocycles. The van der Waals surface area contributed by atoms with Crippen LogP contribution in [0.2, 0.25) is 0 Å². The number of nitrogens with one attached hydrogen (secondary N) is 1. The Morgan fingerprint density at radius 3 is 2.24 bits per heavy atom. The van der Waals surface area contributed by atoms with Gasteiger partial charge in [0.1, 0.15) is 5.69 Å². The van der Waals surface area contributed by atoms with E-state index in [1.807, 2.05) is 66.7 Å². The number of aryl methyl sites for hydroxylation is 2. The van der Waals surface area contributed by atoms with Crippen LogP contribution < -0.4 is 10.2 Å². The average Bonchev–Trinajstić information content (AvgIpc) is 3.38. The number of piperazine rings is 1. The van der Waals surface area contributed by atoms with Gasteiger partial charge in [-0.3, -0.25) is 4.79 Å². The number of amides is 1. The van der Waals surface area contributed by atoms with Crippen molar-refractivity contribution in [2.45, 2.75) is 26.7 Å². The number of oxazole rings is 1. The summed E-state index contributed by atoms with van der Waals surface area (Å²) in [5.74, 6) is 1.24. The van der Waals surface area contributed by atoms with Gasteiger partial charge in [0.25, 0.3) is 0 Å². The van der Waals surface area contributed by atoms with Gasteiger partial charge >= 0.3 is 0 Å². The molecular formula is C31H34N4O2. The molecule has 0 saturated carbocycles. The Balaban J connectivity index is 1.24. The molecule has 0 spiro atoms. The van der Waals surface area contributed by atoms with E-state index in [9.17, 15) is 4.79 Å². The van der Waals surface area contributed by atoms with E-state index in [-0.39, 0.29) is 5.91 Å². The molecule has 6 heteroatoms. The molecule has 6 nitrogen and oxygen atoms in total. The predicted octanol–water partition coefficient (Wildman–Crippen LogP) is 6.03. The summed E-state index contributed by atoms with van der Waals surface area (Å²) >= 11 is 0. The number of benzene rings is 3. The second-order valence-electron chi connectivity index (χ2n) is 9.49. The molecule has 0 bridgehead atoms. The van der Waals surface area contributed by atoms with Gasteiger partial charge < -0.3 is 19.5 Å². The molecule has 1 N–H and O–H groups in total. The smallest absolute Gasteiger partial charge is 0.224 e. The second kappa shape index (κ2) is 11.4. The standard InChI is InChI=1S/C31H34N4O2/c1-3-34-18-20-35(21-19-34)27-15-14-26(22-23(27)2)32-28(36)16-17-29-33-30(24-10-6-4-7-11-24)31(37-29)25-12-8-5-9-13-25/h4-15,22H,3,16-21H2,1-2H3,(H,32,36). The Morgan fingerprint density at radius 1 is 0.919 bits per heavy atom. The summed E-state index contributed by atoms with van der Waals surface area (Å²) in [6.45, 7) is 9.68. The molecule has 3 aromatic carbocycles. The van der Waals surface area contributed by atoms with Crippen LogP contribution in [0.4, 0.5) is 11.4 Å². The summed E-state index contributed by atoms with van der Waals surface area (Å²) in [5, 5.41) is 3.05. The van der Waals surface area contributed by atoms with Gasteiger partial charge in [-0.05, 0) is 37.2 Å². The molecular weight excluding hydrogens is 460 g/mol. The minimum Gasteiger partial charge on any atom is -0.440 e. The highest BCUT2D eigenvalue weighted by Crippen LogP contribution is 2.33. The van der Waals surface area contributed by atoms with Crippen LogP contribution in [-0.2, 0) is 11.2 Å². The Kier molecular flexibility index (Phi) is 7.66. The maximum Gasteiger partial charge on any atom is 0.224 e. The van der Waals surface area contributed by atoms with Crippen molar-refractivity contribution in [3.8, 4) is 22.6 Å². The molecule has 190 valence electrons. The normalized spacial score (nSPS) is 14.1. The van der Waals surface area contributed by atoms with E-state index in [4.69, 9.17) is 9.40 Å². The lowest BCUT2D eigenvalue weighted by molar-refractivity contribution is -0.116. The van der Waals surface area contributed by atoms with Crippen LogP contribution in [-0.4, -0.2) is 48.5 Å². The Bertz CT molecular complexity index is 1270. The topological polar surface area (TPSA) is 61.6 Å². The fraction of sp³-hybridized carbons (Fsp3) is 0.290. The fourth-order valence-electron chi connectivity index (χ4n) is 4.89. The highest BCUT2D eigenvalue weighted by Gasteiger charge is 2.19. The van der Waals surface area contributed by atoms with Crippen LogP contribution in [0.1, 0.15) is 24.8 Å². The zero-order valence-corrected chi connectivity index (χ0v) is 21.6. The number of carbonyl (C=O) groups is 1. The van der Waals surface area contributed by atoms with Crippen molar-refractivity contribution in [1.82, 2.24) is 9.88 Å². The highest BCUT2D eigenvalue weighted by atomic mass is 16.4. The van der Waals surface area contributed by atoms with E-state index in [0.29, 0.717) is 18.7 Å². The number of anilines is 2. The van der Waals surface area contributed by atoms with Crippen LogP contribution in [0.15, 0.2) is 83.3 Å². The molecule has 0 radical (unpaired) electrons. The molecule has 1 saturated heterocycles. The number of nitrogens with zero attached hydrogens (tertiary/aromatic N) is 3. The van der Waals surface area contributed by atoms with E-state index in [2.05, 4.69) is 41.1 Å². The lowest BCUT2D eigenvalue weighted by Crippen LogP contribution is -2.46. The number of hydrogen-bond donors (Lipinski definition) is 1. The zero-order chi connectivity index (χ0) is 25.6. The van der Waals surface area contributed by atoms with E-state index in [1.165, 1.54) is 11.3 Å². The maximum absolute atomic E-state index is 12.8. The van der Waals surface area contributed by atoms with E-state index >= 15 is 0 Å². The van der Waals surface area contributed by atoms with Gasteiger partial charge in [0, 0.05) is 61.5 Å². The third-order valence-electron chi connectivity index (χ3n) is 6.96. The van der Waals surface area contributed by atoms with Gasteiger partial charge in [-0.25, -0.2) is 4.98 Å². The molecule has 37 heavy (non-hydrogen) atoms. The van der Waals surface area contributed by atoms with Gasteiger partial charge in [0.05, 0.1) is 0 Å². The molecule has 0 unspecified atom stereocenters. The van der Waals surface area contributed by atoms with Crippen LogP contribution in [0, 0.1) is 6.92 Å². The number of carbonyl (C=O) groups excluding carboxylic acids is 1. The summed E-state index contributed by atoms with van der Waals surface area (Å²) in [4.78, 5) is 22.5. The summed E-state index contributed by atoms with van der Waals surface area (Å²) < 4.78 is 6.17. The molecule has 1 aliphatic rings. The molecule has 5 rings (SSSR count). The van der Waals surface area contributed by atoms with Gasteiger partial charge in [-0.1, -0.05) is 67.6 Å². The fourth-order valence-corrected chi connectivity index (χ4v) is 4.89. The van der Waals surface area contributed by atoms with Crippen LogP contribution in [0.3, 0.4) is 0 Å².